The first kappa shape index (κ1) is 26.3. The molecule has 3 amide bonds. The number of hydrogen-bond acceptors (Lipinski definition) is 7. The smallest absolute Gasteiger partial charge is 0.281 e. The van der Waals surface area contributed by atoms with E-state index in [2.05, 4.69) is 26.1 Å². The number of rotatable bonds is 8. The topological polar surface area (TPSA) is 139 Å². The molecule has 0 fully saturated rings. The Morgan fingerprint density at radius 1 is 0.972 bits per heavy atom. The number of carbonyl (C=O) groups excluding carboxylic acids is 3. The number of pyridine rings is 1. The number of benzene rings is 1. The number of nitrogens with one attached hydrogen (secondary N) is 3. The number of thiophene rings is 1. The van der Waals surface area contributed by atoms with E-state index in [1.165, 1.54) is 6.07 Å². The van der Waals surface area contributed by atoms with Crippen LogP contribution >= 0.6 is 11.3 Å². The monoisotopic (exact) mass is 504 g/mol. The van der Waals surface area contributed by atoms with Crippen molar-refractivity contribution in [1.82, 2.24) is 15.7 Å². The Morgan fingerprint density at radius 3 is 2.33 bits per heavy atom. The molecule has 5 N–H and O–H groups in total. The summed E-state index contributed by atoms with van der Waals surface area (Å²) in [7, 11) is 0. The highest BCUT2D eigenvalue weighted by Gasteiger charge is 2.18. The van der Waals surface area contributed by atoms with Crippen LogP contribution in [0.4, 0.5) is 5.69 Å². The second kappa shape index (κ2) is 11.9. The summed E-state index contributed by atoms with van der Waals surface area (Å²) in [5, 5.41) is 9.65. The molecule has 186 valence electrons. The summed E-state index contributed by atoms with van der Waals surface area (Å²) >= 11 is 1.03. The van der Waals surface area contributed by atoms with Crippen molar-refractivity contribution in [1.29, 1.82) is 0 Å². The second-order valence-corrected chi connectivity index (χ2v) is 9.20. The number of hydrazone groups is 1. The summed E-state index contributed by atoms with van der Waals surface area (Å²) in [5.74, 6) is -1.25. The fraction of sp³-hybridized carbons (Fsp3) is 0.192. The van der Waals surface area contributed by atoms with Gasteiger partial charge in [-0.05, 0) is 75.2 Å². The average Bonchev–Trinajstić information content (AvgIpc) is 3.34. The first-order valence-electron chi connectivity index (χ1n) is 11.1. The standard InChI is InChI=1S/C26H28N6O3S/c1-15-8-9-19(13-16(15)2)30-26(35)23(17(3)27)18(4)31-32-25(34)22-11-10-21(36-22)24(33)29-14-20-7-5-6-12-28-20/h5-13H,14,27H2,1-4H3,(H,29,33)(H,30,35)(H,32,34). The van der Waals surface area contributed by atoms with E-state index in [4.69, 9.17) is 5.73 Å². The molecule has 0 atom stereocenters. The summed E-state index contributed by atoms with van der Waals surface area (Å²) in [6.07, 6.45) is 1.65. The number of anilines is 1. The molecule has 3 rings (SSSR count). The van der Waals surface area contributed by atoms with Crippen molar-refractivity contribution in [2.75, 3.05) is 5.32 Å². The second-order valence-electron chi connectivity index (χ2n) is 8.12. The highest BCUT2D eigenvalue weighted by molar-refractivity contribution is 7.15. The molecule has 0 saturated heterocycles. The van der Waals surface area contributed by atoms with E-state index in [9.17, 15) is 14.4 Å². The zero-order valence-corrected chi connectivity index (χ0v) is 21.3. The van der Waals surface area contributed by atoms with Crippen LogP contribution in [0.25, 0.3) is 0 Å². The maximum Gasteiger partial charge on any atom is 0.281 e. The van der Waals surface area contributed by atoms with Crippen molar-refractivity contribution in [2.24, 2.45) is 10.8 Å². The molecular weight excluding hydrogens is 476 g/mol. The Hall–Kier alpha value is -4.31. The zero-order chi connectivity index (χ0) is 26.2. The Labute approximate surface area is 213 Å². The van der Waals surface area contributed by atoms with Crippen LogP contribution in [0, 0.1) is 13.8 Å². The van der Waals surface area contributed by atoms with Crippen molar-refractivity contribution in [3.63, 3.8) is 0 Å². The van der Waals surface area contributed by atoms with Crippen LogP contribution < -0.4 is 21.8 Å². The summed E-state index contributed by atoms with van der Waals surface area (Å²) in [6.45, 7) is 7.39. The molecule has 0 saturated carbocycles. The number of nitrogens with two attached hydrogens (primary N) is 1. The number of aryl methyl sites for hydroxylation is 2. The lowest BCUT2D eigenvalue weighted by molar-refractivity contribution is -0.112. The first-order chi connectivity index (χ1) is 17.2. The number of amides is 3. The van der Waals surface area contributed by atoms with Gasteiger partial charge in [0.05, 0.1) is 33.3 Å². The maximum atomic E-state index is 12.9. The zero-order valence-electron chi connectivity index (χ0n) is 20.5. The highest BCUT2D eigenvalue weighted by Crippen LogP contribution is 2.18. The average molecular weight is 505 g/mol. The molecule has 0 unspecified atom stereocenters. The first-order valence-corrected chi connectivity index (χ1v) is 11.9. The summed E-state index contributed by atoms with van der Waals surface area (Å²) in [4.78, 5) is 42.7. The number of allylic oxidation sites excluding steroid dienone is 1. The van der Waals surface area contributed by atoms with E-state index in [-0.39, 0.29) is 29.4 Å². The van der Waals surface area contributed by atoms with Gasteiger partial charge in [0.25, 0.3) is 17.7 Å². The number of nitrogens with zero attached hydrogens (tertiary/aromatic N) is 2. The molecule has 36 heavy (non-hydrogen) atoms. The molecule has 0 bridgehead atoms. The normalized spacial score (nSPS) is 11.9. The quantitative estimate of drug-likeness (QED) is 0.211. The van der Waals surface area contributed by atoms with Crippen molar-refractivity contribution < 1.29 is 14.4 Å². The van der Waals surface area contributed by atoms with Crippen molar-refractivity contribution in [3.8, 4) is 0 Å². The molecule has 0 spiro atoms. The third-order valence-electron chi connectivity index (χ3n) is 5.28. The Morgan fingerprint density at radius 2 is 1.69 bits per heavy atom. The van der Waals surface area contributed by atoms with Gasteiger partial charge < -0.3 is 16.4 Å². The minimum atomic E-state index is -0.508. The van der Waals surface area contributed by atoms with Crippen molar-refractivity contribution in [2.45, 2.75) is 34.2 Å². The molecule has 9 nitrogen and oxygen atoms in total. The van der Waals surface area contributed by atoms with E-state index in [0.29, 0.717) is 15.4 Å². The molecule has 2 heterocycles. The van der Waals surface area contributed by atoms with Crippen LogP contribution in [0.15, 0.2) is 71.1 Å². The fourth-order valence-corrected chi connectivity index (χ4v) is 4.04. The molecule has 0 aliphatic heterocycles. The molecule has 2 aromatic heterocycles. The van der Waals surface area contributed by atoms with Crippen LogP contribution in [0.1, 0.15) is 50.0 Å². The predicted molar refractivity (Wildman–Crippen MR) is 142 cm³/mol. The minimum Gasteiger partial charge on any atom is -0.402 e. The Bertz CT molecular complexity index is 1340. The van der Waals surface area contributed by atoms with E-state index in [1.54, 1.807) is 38.2 Å². The van der Waals surface area contributed by atoms with Gasteiger partial charge in [-0.3, -0.25) is 19.4 Å². The van der Waals surface area contributed by atoms with Gasteiger partial charge in [0.1, 0.15) is 0 Å². The van der Waals surface area contributed by atoms with E-state index >= 15 is 0 Å². The molecule has 0 radical (unpaired) electrons. The SMILES string of the molecule is CC(=NNC(=O)c1ccc(C(=O)NCc2ccccn2)s1)C(C(=O)Nc1ccc(C)c(C)c1)=C(C)N. The molecule has 10 heteroatoms. The van der Waals surface area contributed by atoms with Crippen LogP contribution in [-0.2, 0) is 11.3 Å². The van der Waals surface area contributed by atoms with Gasteiger partial charge in [-0.1, -0.05) is 12.1 Å². The van der Waals surface area contributed by atoms with Crippen LogP contribution in [-0.4, -0.2) is 28.4 Å². The Kier molecular flexibility index (Phi) is 8.69. The van der Waals surface area contributed by atoms with Gasteiger partial charge in [0.2, 0.25) is 0 Å². The lowest BCUT2D eigenvalue weighted by Gasteiger charge is -2.12. The lowest BCUT2D eigenvalue weighted by atomic mass is 10.1. The summed E-state index contributed by atoms with van der Waals surface area (Å²) in [6, 6.07) is 14.1. The molecule has 1 aromatic carbocycles. The highest BCUT2D eigenvalue weighted by atomic mass is 32.1. The van der Waals surface area contributed by atoms with Crippen LogP contribution in [0.2, 0.25) is 0 Å². The van der Waals surface area contributed by atoms with Gasteiger partial charge in [-0.2, -0.15) is 5.10 Å². The fourth-order valence-electron chi connectivity index (χ4n) is 3.23. The third kappa shape index (κ3) is 6.86. The van der Waals surface area contributed by atoms with Gasteiger partial charge in [-0.15, -0.1) is 11.3 Å². The van der Waals surface area contributed by atoms with Gasteiger partial charge in [0, 0.05) is 17.6 Å². The van der Waals surface area contributed by atoms with E-state index in [0.717, 1.165) is 28.2 Å². The summed E-state index contributed by atoms with van der Waals surface area (Å²) < 4.78 is 0. The molecule has 3 aromatic rings. The van der Waals surface area contributed by atoms with Gasteiger partial charge >= 0.3 is 0 Å². The molecular formula is C26H28N6O3S. The predicted octanol–water partition coefficient (Wildman–Crippen LogP) is 3.67. The van der Waals surface area contributed by atoms with Gasteiger partial charge in [-0.25, -0.2) is 5.43 Å². The van der Waals surface area contributed by atoms with Crippen LogP contribution in [0.3, 0.4) is 0 Å². The van der Waals surface area contributed by atoms with E-state index < -0.39 is 11.8 Å². The molecule has 0 aliphatic carbocycles. The molecule has 0 aliphatic rings. The number of carbonyl (C=O) groups is 3. The van der Waals surface area contributed by atoms with Crippen molar-refractivity contribution >= 4 is 40.5 Å². The maximum absolute atomic E-state index is 12.9. The number of hydrogen-bond donors (Lipinski definition) is 4. The largest absolute Gasteiger partial charge is 0.402 e. The van der Waals surface area contributed by atoms with Crippen LogP contribution in [0.5, 0.6) is 0 Å². The Balaban J connectivity index is 1.63. The van der Waals surface area contributed by atoms with E-state index in [1.807, 2.05) is 38.1 Å². The lowest BCUT2D eigenvalue weighted by Crippen LogP contribution is -2.25. The summed E-state index contributed by atoms with van der Waals surface area (Å²) in [5.41, 5.74) is 12.6. The van der Waals surface area contributed by atoms with Crippen molar-refractivity contribution in [3.05, 3.63) is 92.6 Å². The van der Waals surface area contributed by atoms with Gasteiger partial charge in [0.15, 0.2) is 0 Å². The third-order valence-corrected chi connectivity index (χ3v) is 6.37. The number of aromatic nitrogens is 1. The minimum absolute atomic E-state index is 0.161.